The number of hydrogen-bond donors (Lipinski definition) is 0. The minimum absolute atomic E-state index is 0.0151. The van der Waals surface area contributed by atoms with Gasteiger partial charge in [-0.2, -0.15) is 0 Å². The predicted octanol–water partition coefficient (Wildman–Crippen LogP) is 3.07. The SMILES string of the molecule is CC(=O)Oc1cc(C)c(C)cc1C1(OC(C)=O)C(=O)c2ccccc2C1=O. The fraction of sp³-hybridized carbons (Fsp3) is 0.238. The quantitative estimate of drug-likeness (QED) is 0.471. The van der Waals surface area contributed by atoms with Gasteiger partial charge in [0.05, 0.1) is 5.56 Å². The van der Waals surface area contributed by atoms with Crippen molar-refractivity contribution in [1.82, 2.24) is 0 Å². The molecule has 3 rings (SSSR count). The lowest BCUT2D eigenvalue weighted by atomic mass is 9.85. The van der Waals surface area contributed by atoms with Crippen molar-refractivity contribution >= 4 is 23.5 Å². The number of hydrogen-bond acceptors (Lipinski definition) is 6. The first-order valence-electron chi connectivity index (χ1n) is 8.37. The standard InChI is InChI=1S/C21H18O6/c1-11-9-17(18(10-12(11)2)26-13(3)22)21(27-14(4)23)19(24)15-7-5-6-8-16(15)20(21)25/h5-10H,1-4H3. The highest BCUT2D eigenvalue weighted by atomic mass is 16.6. The summed E-state index contributed by atoms with van der Waals surface area (Å²) in [6.07, 6.45) is 0. The van der Waals surface area contributed by atoms with Crippen molar-refractivity contribution in [2.75, 3.05) is 0 Å². The molecule has 0 bridgehead atoms. The van der Waals surface area contributed by atoms with E-state index in [1.807, 2.05) is 0 Å². The van der Waals surface area contributed by atoms with E-state index in [0.717, 1.165) is 18.1 Å². The minimum atomic E-state index is -2.21. The Kier molecular flexibility index (Phi) is 4.43. The largest absolute Gasteiger partial charge is 0.437 e. The summed E-state index contributed by atoms with van der Waals surface area (Å²) in [5.41, 5.74) is -0.292. The van der Waals surface area contributed by atoms with E-state index in [9.17, 15) is 19.2 Å². The van der Waals surface area contributed by atoms with Crippen LogP contribution >= 0.6 is 0 Å². The van der Waals surface area contributed by atoms with E-state index in [4.69, 9.17) is 9.47 Å². The van der Waals surface area contributed by atoms with Gasteiger partial charge in [0, 0.05) is 25.0 Å². The molecule has 6 nitrogen and oxygen atoms in total. The van der Waals surface area contributed by atoms with Gasteiger partial charge in [-0.05, 0) is 37.1 Å². The Labute approximate surface area is 156 Å². The Hall–Kier alpha value is -3.28. The maximum absolute atomic E-state index is 13.3. The minimum Gasteiger partial charge on any atom is -0.437 e. The molecule has 138 valence electrons. The number of Topliss-reactive ketones (excluding diaryl/α,β-unsaturated/α-hetero) is 2. The topological polar surface area (TPSA) is 86.7 Å². The Bertz CT molecular complexity index is 967. The molecular formula is C21H18O6. The van der Waals surface area contributed by atoms with Crippen molar-refractivity contribution in [3.63, 3.8) is 0 Å². The Morgan fingerprint density at radius 3 is 1.85 bits per heavy atom. The third-order valence-electron chi connectivity index (χ3n) is 4.58. The molecule has 0 radical (unpaired) electrons. The number of rotatable bonds is 3. The van der Waals surface area contributed by atoms with Crippen molar-refractivity contribution in [3.8, 4) is 5.75 Å². The molecule has 0 aromatic heterocycles. The lowest BCUT2D eigenvalue weighted by Gasteiger charge is -2.28. The van der Waals surface area contributed by atoms with Crippen molar-refractivity contribution in [1.29, 1.82) is 0 Å². The number of ketones is 2. The molecule has 1 aliphatic carbocycles. The molecule has 2 aromatic carbocycles. The molecule has 0 amide bonds. The van der Waals surface area contributed by atoms with Crippen molar-refractivity contribution in [3.05, 3.63) is 64.2 Å². The second kappa shape index (κ2) is 6.46. The molecule has 1 aliphatic rings. The van der Waals surface area contributed by atoms with Crippen LogP contribution in [0.1, 0.15) is 51.3 Å². The highest BCUT2D eigenvalue weighted by molar-refractivity contribution is 6.32. The van der Waals surface area contributed by atoms with Gasteiger partial charge in [-0.15, -0.1) is 0 Å². The lowest BCUT2D eigenvalue weighted by molar-refractivity contribution is -0.149. The van der Waals surface area contributed by atoms with E-state index >= 15 is 0 Å². The molecule has 0 unspecified atom stereocenters. The maximum Gasteiger partial charge on any atom is 0.308 e. The molecule has 0 saturated heterocycles. The van der Waals surface area contributed by atoms with Crippen molar-refractivity contribution in [2.45, 2.75) is 33.3 Å². The summed E-state index contributed by atoms with van der Waals surface area (Å²) >= 11 is 0. The highest BCUT2D eigenvalue weighted by Gasteiger charge is 2.59. The van der Waals surface area contributed by atoms with Crippen LogP contribution in [0.4, 0.5) is 0 Å². The predicted molar refractivity (Wildman–Crippen MR) is 95.8 cm³/mol. The Morgan fingerprint density at radius 2 is 1.37 bits per heavy atom. The summed E-state index contributed by atoms with van der Waals surface area (Å²) in [5.74, 6) is -2.71. The van der Waals surface area contributed by atoms with Gasteiger partial charge in [-0.25, -0.2) is 0 Å². The first kappa shape index (κ1) is 18.5. The van der Waals surface area contributed by atoms with Gasteiger partial charge in [-0.1, -0.05) is 24.3 Å². The molecule has 0 atom stereocenters. The summed E-state index contributed by atoms with van der Waals surface area (Å²) in [4.78, 5) is 50.0. The van der Waals surface area contributed by atoms with Crippen LogP contribution in [-0.4, -0.2) is 23.5 Å². The van der Waals surface area contributed by atoms with Crippen LogP contribution < -0.4 is 4.74 Å². The third kappa shape index (κ3) is 2.83. The van der Waals surface area contributed by atoms with E-state index in [0.29, 0.717) is 0 Å². The molecule has 2 aromatic rings. The zero-order valence-electron chi connectivity index (χ0n) is 15.4. The molecule has 0 fully saturated rings. The summed E-state index contributed by atoms with van der Waals surface area (Å²) < 4.78 is 10.6. The van der Waals surface area contributed by atoms with Gasteiger partial charge >= 0.3 is 11.9 Å². The monoisotopic (exact) mass is 366 g/mol. The van der Waals surface area contributed by atoms with Crippen LogP contribution in [0, 0.1) is 13.8 Å². The summed E-state index contributed by atoms with van der Waals surface area (Å²) in [6.45, 7) is 5.93. The van der Waals surface area contributed by atoms with Crippen LogP contribution in [-0.2, 0) is 19.9 Å². The molecule has 27 heavy (non-hydrogen) atoms. The Balaban J connectivity index is 2.35. The second-order valence-corrected chi connectivity index (χ2v) is 6.50. The van der Waals surface area contributed by atoms with Crippen LogP contribution in [0.5, 0.6) is 5.75 Å². The number of carbonyl (C=O) groups is 4. The number of aryl methyl sites for hydroxylation is 2. The van der Waals surface area contributed by atoms with Gasteiger partial charge in [0.2, 0.25) is 11.6 Å². The summed E-state index contributed by atoms with van der Waals surface area (Å²) in [7, 11) is 0. The average molecular weight is 366 g/mol. The van der Waals surface area contributed by atoms with Crippen molar-refractivity contribution in [2.24, 2.45) is 0 Å². The number of esters is 2. The van der Waals surface area contributed by atoms with Crippen LogP contribution in [0.25, 0.3) is 0 Å². The number of ether oxygens (including phenoxy) is 2. The van der Waals surface area contributed by atoms with E-state index in [2.05, 4.69) is 0 Å². The summed E-state index contributed by atoms with van der Waals surface area (Å²) in [5, 5.41) is 0. The van der Waals surface area contributed by atoms with Gasteiger partial charge < -0.3 is 9.47 Å². The van der Waals surface area contributed by atoms with Crippen LogP contribution in [0.15, 0.2) is 36.4 Å². The Morgan fingerprint density at radius 1 is 0.852 bits per heavy atom. The molecular weight excluding hydrogens is 348 g/mol. The zero-order chi connectivity index (χ0) is 19.9. The molecule has 6 heteroatoms. The maximum atomic E-state index is 13.3. The van der Waals surface area contributed by atoms with Gasteiger partial charge in [0.15, 0.2) is 0 Å². The van der Waals surface area contributed by atoms with Gasteiger partial charge in [-0.3, -0.25) is 19.2 Å². The first-order chi connectivity index (χ1) is 12.7. The third-order valence-corrected chi connectivity index (χ3v) is 4.58. The zero-order valence-corrected chi connectivity index (χ0v) is 15.4. The van der Waals surface area contributed by atoms with Crippen LogP contribution in [0.3, 0.4) is 0 Å². The smallest absolute Gasteiger partial charge is 0.308 e. The number of fused-ring (bicyclic) bond motifs is 1. The second-order valence-electron chi connectivity index (χ2n) is 6.50. The number of carbonyl (C=O) groups excluding carboxylic acids is 4. The fourth-order valence-electron chi connectivity index (χ4n) is 3.27. The summed E-state index contributed by atoms with van der Waals surface area (Å²) in [6, 6.07) is 9.38. The molecule has 0 aliphatic heterocycles. The van der Waals surface area contributed by atoms with E-state index in [1.54, 1.807) is 38.1 Å². The highest BCUT2D eigenvalue weighted by Crippen LogP contribution is 2.45. The van der Waals surface area contributed by atoms with E-state index < -0.39 is 29.1 Å². The fourth-order valence-corrected chi connectivity index (χ4v) is 3.27. The first-order valence-corrected chi connectivity index (χ1v) is 8.37. The molecule has 0 N–H and O–H groups in total. The average Bonchev–Trinajstić information content (AvgIpc) is 2.80. The van der Waals surface area contributed by atoms with Crippen LogP contribution in [0.2, 0.25) is 0 Å². The van der Waals surface area contributed by atoms with E-state index in [-0.39, 0.29) is 22.4 Å². The van der Waals surface area contributed by atoms with Crippen molar-refractivity contribution < 1.29 is 28.7 Å². The molecule has 0 heterocycles. The normalized spacial score (nSPS) is 14.7. The number of benzene rings is 2. The van der Waals surface area contributed by atoms with Gasteiger partial charge in [0.1, 0.15) is 5.75 Å². The van der Waals surface area contributed by atoms with Gasteiger partial charge in [0.25, 0.3) is 5.60 Å². The molecule has 0 saturated carbocycles. The lowest BCUT2D eigenvalue weighted by Crippen LogP contribution is -2.43. The molecule has 0 spiro atoms. The van der Waals surface area contributed by atoms with E-state index in [1.165, 1.54) is 19.1 Å².